The van der Waals surface area contributed by atoms with Gasteiger partial charge in [-0.3, -0.25) is 19.4 Å². The molecule has 1 amide bonds. The summed E-state index contributed by atoms with van der Waals surface area (Å²) in [6.07, 6.45) is 0. The lowest BCUT2D eigenvalue weighted by molar-refractivity contribution is 0.0600. The highest BCUT2D eigenvalue weighted by atomic mass is 16.5. The van der Waals surface area contributed by atoms with Crippen LogP contribution in [0.5, 0.6) is 0 Å². The molecule has 0 unspecified atom stereocenters. The standard InChI is InChI=1S/C17H16N4O4/c1-9-8-12(13-14(18-9)21(2)20-16(13)23)15(22)19-11-6-4-10(5-7-11)17(24)25-3/h4-8H,1-3H3,(H,19,22)(H,20,23). The number of aromatic nitrogens is 3. The molecule has 2 heterocycles. The lowest BCUT2D eigenvalue weighted by Gasteiger charge is -2.08. The number of carbonyl (C=O) groups is 2. The number of fused-ring (bicyclic) bond motifs is 1. The number of nitrogens with one attached hydrogen (secondary N) is 2. The van der Waals surface area contributed by atoms with Gasteiger partial charge in [0.1, 0.15) is 0 Å². The number of rotatable bonds is 3. The normalized spacial score (nSPS) is 10.7. The number of aromatic amines is 1. The Labute approximate surface area is 142 Å². The van der Waals surface area contributed by atoms with E-state index in [2.05, 4.69) is 20.1 Å². The predicted octanol–water partition coefficient (Wildman–Crippen LogP) is 1.61. The predicted molar refractivity (Wildman–Crippen MR) is 91.8 cm³/mol. The van der Waals surface area contributed by atoms with Crippen LogP contribution in [-0.4, -0.2) is 33.8 Å². The molecule has 0 fully saturated rings. The number of carbonyl (C=O) groups excluding carboxylic acids is 2. The third kappa shape index (κ3) is 3.01. The summed E-state index contributed by atoms with van der Waals surface area (Å²) in [7, 11) is 2.95. The second-order valence-electron chi connectivity index (χ2n) is 5.53. The number of hydrogen-bond acceptors (Lipinski definition) is 5. The average Bonchev–Trinajstić information content (AvgIpc) is 2.88. The number of methoxy groups -OCH3 is 1. The van der Waals surface area contributed by atoms with Gasteiger partial charge in [0.25, 0.3) is 11.5 Å². The molecule has 128 valence electrons. The van der Waals surface area contributed by atoms with Gasteiger partial charge in [0.15, 0.2) is 5.65 Å². The minimum atomic E-state index is -0.458. The molecule has 0 saturated heterocycles. The number of hydrogen-bond donors (Lipinski definition) is 2. The van der Waals surface area contributed by atoms with E-state index in [0.29, 0.717) is 22.6 Å². The highest BCUT2D eigenvalue weighted by molar-refractivity contribution is 6.12. The number of aryl methyl sites for hydroxylation is 2. The zero-order valence-electron chi connectivity index (χ0n) is 13.9. The van der Waals surface area contributed by atoms with Crippen LogP contribution in [0.4, 0.5) is 5.69 Å². The van der Waals surface area contributed by atoms with E-state index in [0.717, 1.165) is 0 Å². The van der Waals surface area contributed by atoms with Crippen molar-refractivity contribution < 1.29 is 14.3 Å². The van der Waals surface area contributed by atoms with Gasteiger partial charge in [0.2, 0.25) is 0 Å². The maximum atomic E-state index is 12.6. The summed E-state index contributed by atoms with van der Waals surface area (Å²) in [5, 5.41) is 5.55. The first-order valence-electron chi connectivity index (χ1n) is 7.47. The lowest BCUT2D eigenvalue weighted by Crippen LogP contribution is -2.15. The Balaban J connectivity index is 1.95. The van der Waals surface area contributed by atoms with Crippen molar-refractivity contribution in [3.63, 3.8) is 0 Å². The molecule has 2 aromatic heterocycles. The molecule has 2 N–H and O–H groups in total. The molecule has 1 aromatic carbocycles. The second-order valence-corrected chi connectivity index (χ2v) is 5.53. The molecule has 0 aliphatic heterocycles. The zero-order chi connectivity index (χ0) is 18.1. The van der Waals surface area contributed by atoms with Gasteiger partial charge in [-0.1, -0.05) is 0 Å². The van der Waals surface area contributed by atoms with E-state index in [1.165, 1.54) is 11.8 Å². The number of nitrogens with zero attached hydrogens (tertiary/aromatic N) is 2. The second kappa shape index (κ2) is 6.23. The fraction of sp³-hybridized carbons (Fsp3) is 0.176. The summed E-state index contributed by atoms with van der Waals surface area (Å²) < 4.78 is 6.11. The van der Waals surface area contributed by atoms with Gasteiger partial charge in [0.05, 0.1) is 23.6 Å². The van der Waals surface area contributed by atoms with Crippen LogP contribution in [0.1, 0.15) is 26.4 Å². The van der Waals surface area contributed by atoms with Gasteiger partial charge >= 0.3 is 5.97 Å². The molecule has 8 heteroatoms. The minimum Gasteiger partial charge on any atom is -0.465 e. The van der Waals surface area contributed by atoms with Crippen molar-refractivity contribution in [2.24, 2.45) is 7.05 Å². The molecule has 0 bridgehead atoms. The molecule has 0 aliphatic rings. The van der Waals surface area contributed by atoms with E-state index in [9.17, 15) is 14.4 Å². The first-order chi connectivity index (χ1) is 11.9. The van der Waals surface area contributed by atoms with Crippen molar-refractivity contribution in [2.45, 2.75) is 6.92 Å². The van der Waals surface area contributed by atoms with Crippen molar-refractivity contribution in [2.75, 3.05) is 12.4 Å². The molecule has 3 rings (SSSR count). The smallest absolute Gasteiger partial charge is 0.337 e. The van der Waals surface area contributed by atoms with Gasteiger partial charge in [-0.05, 0) is 37.3 Å². The van der Waals surface area contributed by atoms with E-state index < -0.39 is 11.9 Å². The topological polar surface area (TPSA) is 106 Å². The van der Waals surface area contributed by atoms with Crippen molar-refractivity contribution in [1.29, 1.82) is 0 Å². The largest absolute Gasteiger partial charge is 0.465 e. The van der Waals surface area contributed by atoms with E-state index in [1.807, 2.05) is 0 Å². The third-order valence-corrected chi connectivity index (χ3v) is 3.75. The minimum absolute atomic E-state index is 0.233. The Morgan fingerprint density at radius 3 is 2.56 bits per heavy atom. The molecular weight excluding hydrogens is 324 g/mol. The van der Waals surface area contributed by atoms with Crippen molar-refractivity contribution in [3.8, 4) is 0 Å². The van der Waals surface area contributed by atoms with Gasteiger partial charge in [-0.25, -0.2) is 9.78 Å². The number of anilines is 1. The Morgan fingerprint density at radius 1 is 1.24 bits per heavy atom. The maximum absolute atomic E-state index is 12.6. The summed E-state index contributed by atoms with van der Waals surface area (Å²) >= 11 is 0. The monoisotopic (exact) mass is 340 g/mol. The van der Waals surface area contributed by atoms with Crippen LogP contribution >= 0.6 is 0 Å². The molecule has 8 nitrogen and oxygen atoms in total. The SMILES string of the molecule is COC(=O)c1ccc(NC(=O)c2cc(C)nc3c2c(=O)[nH]n3C)cc1. The van der Waals surface area contributed by atoms with Crippen LogP contribution in [0.25, 0.3) is 11.0 Å². The molecule has 0 aliphatic carbocycles. The highest BCUT2D eigenvalue weighted by Gasteiger charge is 2.18. The zero-order valence-corrected chi connectivity index (χ0v) is 13.9. The summed E-state index contributed by atoms with van der Waals surface area (Å²) in [5.74, 6) is -0.891. The Morgan fingerprint density at radius 2 is 1.92 bits per heavy atom. The number of ether oxygens (including phenoxy) is 1. The van der Waals surface area contributed by atoms with Crippen molar-refractivity contribution >= 4 is 28.6 Å². The molecule has 0 atom stereocenters. The van der Waals surface area contributed by atoms with E-state index in [-0.39, 0.29) is 16.5 Å². The summed E-state index contributed by atoms with van der Waals surface area (Å²) in [4.78, 5) is 40.4. The van der Waals surface area contributed by atoms with Crippen LogP contribution in [0.3, 0.4) is 0 Å². The highest BCUT2D eigenvalue weighted by Crippen LogP contribution is 2.17. The molecule has 25 heavy (non-hydrogen) atoms. The first-order valence-corrected chi connectivity index (χ1v) is 7.47. The number of pyridine rings is 1. The first kappa shape index (κ1) is 16.4. The van der Waals surface area contributed by atoms with E-state index in [4.69, 9.17) is 0 Å². The molecule has 0 radical (unpaired) electrons. The van der Waals surface area contributed by atoms with E-state index in [1.54, 1.807) is 44.3 Å². The Hall–Kier alpha value is -3.42. The average molecular weight is 340 g/mol. The van der Waals surface area contributed by atoms with E-state index >= 15 is 0 Å². The summed E-state index contributed by atoms with van der Waals surface area (Å²) in [5.41, 5.74) is 1.76. The van der Waals surface area contributed by atoms with Gasteiger partial charge in [-0.2, -0.15) is 0 Å². The summed E-state index contributed by atoms with van der Waals surface area (Å²) in [6.45, 7) is 1.75. The van der Waals surface area contributed by atoms with Gasteiger partial charge in [-0.15, -0.1) is 0 Å². The van der Waals surface area contributed by atoms with Crippen LogP contribution in [0, 0.1) is 6.92 Å². The number of esters is 1. The molecule has 0 saturated carbocycles. The summed E-state index contributed by atoms with van der Waals surface area (Å²) in [6, 6.07) is 7.83. The van der Waals surface area contributed by atoms with Crippen molar-refractivity contribution in [3.05, 3.63) is 57.5 Å². The Kier molecular flexibility index (Phi) is 4.10. The van der Waals surface area contributed by atoms with Crippen LogP contribution < -0.4 is 10.9 Å². The molecule has 3 aromatic rings. The molecular formula is C17H16N4O4. The maximum Gasteiger partial charge on any atom is 0.337 e. The van der Waals surface area contributed by atoms with Crippen LogP contribution in [0.15, 0.2) is 35.1 Å². The van der Waals surface area contributed by atoms with Gasteiger partial charge < -0.3 is 10.1 Å². The molecule has 0 spiro atoms. The fourth-order valence-corrected chi connectivity index (χ4v) is 2.57. The number of benzene rings is 1. The third-order valence-electron chi connectivity index (χ3n) is 3.75. The van der Waals surface area contributed by atoms with Crippen LogP contribution in [0.2, 0.25) is 0 Å². The quantitative estimate of drug-likeness (QED) is 0.705. The Bertz CT molecular complexity index is 1030. The lowest BCUT2D eigenvalue weighted by atomic mass is 10.1. The number of amides is 1. The van der Waals surface area contributed by atoms with Crippen LogP contribution in [-0.2, 0) is 11.8 Å². The fourth-order valence-electron chi connectivity index (χ4n) is 2.57. The number of H-pyrrole nitrogens is 1. The van der Waals surface area contributed by atoms with Gasteiger partial charge in [0, 0.05) is 18.4 Å². The van der Waals surface area contributed by atoms with Crippen molar-refractivity contribution in [1.82, 2.24) is 14.8 Å².